The van der Waals surface area contributed by atoms with Gasteiger partial charge in [0.05, 0.1) is 12.6 Å². The molecule has 19 heavy (non-hydrogen) atoms. The molecule has 0 bridgehead atoms. The largest absolute Gasteiger partial charge is 0.464 e. The summed E-state index contributed by atoms with van der Waals surface area (Å²) in [4.78, 5) is 37.1. The Morgan fingerprint density at radius 3 is 2.63 bits per heavy atom. The lowest BCUT2D eigenvalue weighted by molar-refractivity contribution is -0.114. The van der Waals surface area contributed by atoms with Crippen molar-refractivity contribution >= 4 is 28.5 Å². The number of benzene rings is 1. The molecule has 1 aromatic carbocycles. The van der Waals surface area contributed by atoms with Crippen LogP contribution in [0.1, 0.15) is 17.4 Å². The van der Waals surface area contributed by atoms with Crippen LogP contribution in [0.3, 0.4) is 0 Å². The third-order valence-electron chi connectivity index (χ3n) is 2.56. The molecule has 0 aliphatic carbocycles. The van der Waals surface area contributed by atoms with Crippen LogP contribution >= 0.6 is 0 Å². The number of H-pyrrole nitrogens is 1. The fraction of sp³-hybridized carbons (Fsp3) is 0.154. The highest BCUT2D eigenvalue weighted by Crippen LogP contribution is 2.15. The van der Waals surface area contributed by atoms with Gasteiger partial charge in [0.15, 0.2) is 5.43 Å². The van der Waals surface area contributed by atoms with Crippen molar-refractivity contribution in [3.05, 3.63) is 40.2 Å². The molecule has 2 aromatic rings. The molecule has 0 aliphatic heterocycles. The number of ether oxygens (including phenoxy) is 1. The minimum absolute atomic E-state index is 0.0901. The van der Waals surface area contributed by atoms with Crippen molar-refractivity contribution in [2.24, 2.45) is 0 Å². The zero-order valence-electron chi connectivity index (χ0n) is 10.4. The number of esters is 1. The molecule has 0 unspecified atom stereocenters. The van der Waals surface area contributed by atoms with Crippen LogP contribution in [0.25, 0.3) is 10.9 Å². The molecule has 0 radical (unpaired) electrons. The van der Waals surface area contributed by atoms with E-state index in [2.05, 4.69) is 15.0 Å². The van der Waals surface area contributed by atoms with Crippen LogP contribution in [0.5, 0.6) is 0 Å². The van der Waals surface area contributed by atoms with Gasteiger partial charge in [-0.05, 0) is 18.2 Å². The molecular formula is C13H12N2O4. The summed E-state index contributed by atoms with van der Waals surface area (Å²) in [5.74, 6) is -0.827. The summed E-state index contributed by atoms with van der Waals surface area (Å²) >= 11 is 0. The lowest BCUT2D eigenvalue weighted by Crippen LogP contribution is -2.12. The SMILES string of the molecule is COC(=O)c1cc(=O)c2cc(NC(C)=O)ccc2[nH]1. The van der Waals surface area contributed by atoms with E-state index in [1.165, 1.54) is 20.1 Å². The third kappa shape index (κ3) is 2.62. The summed E-state index contributed by atoms with van der Waals surface area (Å²) in [6.45, 7) is 1.38. The molecule has 0 atom stereocenters. The molecular weight excluding hydrogens is 248 g/mol. The van der Waals surface area contributed by atoms with Gasteiger partial charge in [0.25, 0.3) is 0 Å². The summed E-state index contributed by atoms with van der Waals surface area (Å²) in [7, 11) is 1.24. The van der Waals surface area contributed by atoms with E-state index in [-0.39, 0.29) is 17.0 Å². The number of methoxy groups -OCH3 is 1. The maximum atomic E-state index is 11.9. The van der Waals surface area contributed by atoms with Gasteiger partial charge in [-0.1, -0.05) is 0 Å². The average Bonchev–Trinajstić information content (AvgIpc) is 2.37. The number of carbonyl (C=O) groups excluding carboxylic acids is 2. The molecule has 1 amide bonds. The number of rotatable bonds is 2. The van der Waals surface area contributed by atoms with Gasteiger partial charge >= 0.3 is 5.97 Å². The number of hydrogen-bond acceptors (Lipinski definition) is 4. The zero-order valence-corrected chi connectivity index (χ0v) is 10.4. The second-order valence-electron chi connectivity index (χ2n) is 3.98. The normalized spacial score (nSPS) is 10.2. The highest BCUT2D eigenvalue weighted by atomic mass is 16.5. The van der Waals surface area contributed by atoms with Gasteiger partial charge in [0, 0.05) is 24.1 Å². The van der Waals surface area contributed by atoms with Crippen LogP contribution in [-0.4, -0.2) is 24.0 Å². The third-order valence-corrected chi connectivity index (χ3v) is 2.56. The number of pyridine rings is 1. The predicted octanol–water partition coefficient (Wildman–Crippen LogP) is 1.27. The molecule has 0 aliphatic rings. The topological polar surface area (TPSA) is 88.3 Å². The zero-order chi connectivity index (χ0) is 14.0. The summed E-state index contributed by atoms with van der Waals surface area (Å²) < 4.78 is 4.55. The molecule has 0 fully saturated rings. The molecule has 0 saturated heterocycles. The van der Waals surface area contributed by atoms with E-state index in [1.807, 2.05) is 0 Å². The van der Waals surface area contributed by atoms with E-state index in [4.69, 9.17) is 0 Å². The van der Waals surface area contributed by atoms with Gasteiger partial charge in [-0.15, -0.1) is 0 Å². The molecule has 98 valence electrons. The van der Waals surface area contributed by atoms with Crippen molar-refractivity contribution in [3.63, 3.8) is 0 Å². The summed E-state index contributed by atoms with van der Waals surface area (Å²) in [6, 6.07) is 5.98. The number of amides is 1. The quantitative estimate of drug-likeness (QED) is 0.796. The van der Waals surface area contributed by atoms with E-state index in [1.54, 1.807) is 18.2 Å². The van der Waals surface area contributed by atoms with Crippen molar-refractivity contribution in [1.29, 1.82) is 0 Å². The van der Waals surface area contributed by atoms with Gasteiger partial charge in [-0.3, -0.25) is 9.59 Å². The van der Waals surface area contributed by atoms with Gasteiger partial charge in [-0.25, -0.2) is 4.79 Å². The molecule has 1 aromatic heterocycles. The molecule has 1 heterocycles. The molecule has 6 heteroatoms. The first-order chi connectivity index (χ1) is 9.01. The van der Waals surface area contributed by atoms with E-state index in [0.717, 1.165) is 0 Å². The smallest absolute Gasteiger partial charge is 0.354 e. The fourth-order valence-electron chi connectivity index (χ4n) is 1.75. The Morgan fingerprint density at radius 2 is 2.00 bits per heavy atom. The Balaban J connectivity index is 2.57. The first-order valence-corrected chi connectivity index (χ1v) is 5.54. The number of hydrogen-bond donors (Lipinski definition) is 2. The van der Waals surface area contributed by atoms with Crippen molar-refractivity contribution < 1.29 is 14.3 Å². The first kappa shape index (κ1) is 12.8. The molecule has 2 N–H and O–H groups in total. The Bertz CT molecular complexity index is 718. The van der Waals surface area contributed by atoms with Crippen molar-refractivity contribution in [2.45, 2.75) is 6.92 Å². The van der Waals surface area contributed by atoms with Crippen LogP contribution in [0.4, 0.5) is 5.69 Å². The summed E-state index contributed by atoms with van der Waals surface area (Å²) in [5.41, 5.74) is 0.798. The standard InChI is InChI=1S/C13H12N2O4/c1-7(16)14-8-3-4-10-9(5-8)12(17)6-11(15-10)13(18)19-2/h3-6H,1-2H3,(H,14,16)(H,15,17). The number of nitrogens with one attached hydrogen (secondary N) is 2. The maximum Gasteiger partial charge on any atom is 0.354 e. The molecule has 6 nitrogen and oxygen atoms in total. The Hall–Kier alpha value is -2.63. The van der Waals surface area contributed by atoms with Crippen LogP contribution < -0.4 is 10.7 Å². The average molecular weight is 260 g/mol. The lowest BCUT2D eigenvalue weighted by Gasteiger charge is -2.05. The summed E-state index contributed by atoms with van der Waals surface area (Å²) in [5, 5.41) is 2.98. The van der Waals surface area contributed by atoms with Crippen LogP contribution in [0.15, 0.2) is 29.1 Å². The molecule has 2 rings (SSSR count). The van der Waals surface area contributed by atoms with Crippen LogP contribution in [-0.2, 0) is 9.53 Å². The fourth-order valence-corrected chi connectivity index (χ4v) is 1.75. The van der Waals surface area contributed by atoms with Gasteiger partial charge in [-0.2, -0.15) is 0 Å². The Morgan fingerprint density at radius 1 is 1.26 bits per heavy atom. The van der Waals surface area contributed by atoms with E-state index in [0.29, 0.717) is 16.6 Å². The minimum atomic E-state index is -0.607. The summed E-state index contributed by atoms with van der Waals surface area (Å²) in [6.07, 6.45) is 0. The highest BCUT2D eigenvalue weighted by molar-refractivity contribution is 5.94. The minimum Gasteiger partial charge on any atom is -0.464 e. The van der Waals surface area contributed by atoms with E-state index < -0.39 is 5.97 Å². The van der Waals surface area contributed by atoms with Crippen LogP contribution in [0.2, 0.25) is 0 Å². The lowest BCUT2D eigenvalue weighted by atomic mass is 10.1. The van der Waals surface area contributed by atoms with Crippen molar-refractivity contribution in [2.75, 3.05) is 12.4 Å². The molecule has 0 saturated carbocycles. The number of anilines is 1. The van der Waals surface area contributed by atoms with Crippen molar-refractivity contribution in [3.8, 4) is 0 Å². The second-order valence-corrected chi connectivity index (χ2v) is 3.98. The van der Waals surface area contributed by atoms with E-state index in [9.17, 15) is 14.4 Å². The number of fused-ring (bicyclic) bond motifs is 1. The molecule has 0 spiro atoms. The Labute approximate surface area is 108 Å². The van der Waals surface area contributed by atoms with E-state index >= 15 is 0 Å². The monoisotopic (exact) mass is 260 g/mol. The number of aromatic amines is 1. The van der Waals surface area contributed by atoms with Gasteiger partial charge in [0.1, 0.15) is 5.69 Å². The first-order valence-electron chi connectivity index (χ1n) is 5.54. The number of carbonyl (C=O) groups is 2. The maximum absolute atomic E-state index is 11.9. The Kier molecular flexibility index (Phi) is 3.33. The van der Waals surface area contributed by atoms with Gasteiger partial charge in [0.2, 0.25) is 5.91 Å². The predicted molar refractivity (Wildman–Crippen MR) is 70.2 cm³/mol. The number of aromatic nitrogens is 1. The van der Waals surface area contributed by atoms with Crippen LogP contribution in [0, 0.1) is 0 Å². The highest BCUT2D eigenvalue weighted by Gasteiger charge is 2.10. The van der Waals surface area contributed by atoms with Crippen molar-refractivity contribution in [1.82, 2.24) is 4.98 Å². The van der Waals surface area contributed by atoms with Gasteiger partial charge < -0.3 is 15.0 Å². The second kappa shape index (κ2) is 4.93.